The lowest BCUT2D eigenvalue weighted by Gasteiger charge is -2.15. The number of thioether (sulfide) groups is 1. The molecule has 1 aromatic heterocycles. The predicted octanol–water partition coefficient (Wildman–Crippen LogP) is 4.24. The van der Waals surface area contributed by atoms with Crippen molar-refractivity contribution in [2.75, 3.05) is 14.1 Å². The van der Waals surface area contributed by atoms with Crippen molar-refractivity contribution in [3.05, 3.63) is 57.2 Å². The Hall–Kier alpha value is -2.27. The van der Waals surface area contributed by atoms with Crippen LogP contribution in [0.2, 0.25) is 0 Å². The molecule has 2 aromatic rings. The number of amides is 1. The third-order valence-corrected chi connectivity index (χ3v) is 5.77. The first-order valence-electron chi connectivity index (χ1n) is 8.25. The molecule has 1 aliphatic rings. The molecular weight excluding hydrogens is 330 g/mol. The average Bonchev–Trinajstić information content (AvgIpc) is 2.99. The second kappa shape index (κ2) is 6.56. The molecule has 1 saturated heterocycles. The van der Waals surface area contributed by atoms with Gasteiger partial charge in [0.2, 0.25) is 0 Å². The molecule has 0 unspecified atom stereocenters. The molecule has 2 heterocycles. The highest BCUT2D eigenvalue weighted by molar-refractivity contribution is 8.18. The van der Waals surface area contributed by atoms with Gasteiger partial charge >= 0.3 is 0 Å². The van der Waals surface area contributed by atoms with Crippen molar-refractivity contribution in [1.82, 2.24) is 9.47 Å². The zero-order chi connectivity index (χ0) is 18.3. The highest BCUT2D eigenvalue weighted by atomic mass is 32.2. The SMILES string of the molecule is CN=C1S/C(=C/c2cc(C)n(-c3c(C)cccc3C)c2C)C(=O)N1C. The zero-order valence-electron chi connectivity index (χ0n) is 15.5. The van der Waals surface area contributed by atoms with Crippen LogP contribution in [-0.4, -0.2) is 34.6 Å². The van der Waals surface area contributed by atoms with E-state index in [9.17, 15) is 4.79 Å². The van der Waals surface area contributed by atoms with E-state index in [-0.39, 0.29) is 5.91 Å². The number of aromatic nitrogens is 1. The van der Waals surface area contributed by atoms with Gasteiger partial charge in [0.1, 0.15) is 0 Å². The number of likely N-dealkylation sites (N-methyl/N-ethyl adjacent to an activating group) is 1. The maximum atomic E-state index is 12.4. The summed E-state index contributed by atoms with van der Waals surface area (Å²) in [6.45, 7) is 8.48. The molecule has 1 fully saturated rings. The Bertz CT molecular complexity index is 901. The summed E-state index contributed by atoms with van der Waals surface area (Å²) < 4.78 is 2.28. The van der Waals surface area contributed by atoms with Gasteiger partial charge in [-0.25, -0.2) is 0 Å². The van der Waals surface area contributed by atoms with Gasteiger partial charge in [-0.15, -0.1) is 0 Å². The van der Waals surface area contributed by atoms with Gasteiger partial charge in [-0.3, -0.25) is 14.7 Å². The van der Waals surface area contributed by atoms with Crippen molar-refractivity contribution in [3.8, 4) is 5.69 Å². The number of para-hydroxylation sites is 1. The van der Waals surface area contributed by atoms with E-state index in [2.05, 4.69) is 61.5 Å². The van der Waals surface area contributed by atoms with E-state index in [4.69, 9.17) is 0 Å². The monoisotopic (exact) mass is 353 g/mol. The molecule has 130 valence electrons. The minimum Gasteiger partial charge on any atom is -0.317 e. The first kappa shape index (κ1) is 17.5. The van der Waals surface area contributed by atoms with Crippen molar-refractivity contribution >= 4 is 28.9 Å². The normalized spacial score (nSPS) is 18.0. The highest BCUT2D eigenvalue weighted by Gasteiger charge is 2.30. The van der Waals surface area contributed by atoms with Gasteiger partial charge in [0.05, 0.1) is 10.6 Å². The quantitative estimate of drug-likeness (QED) is 0.757. The standard InChI is InChI=1S/C20H23N3OS/c1-12-8-7-9-13(2)18(12)23-14(3)10-16(15(23)4)11-17-19(24)22(6)20(21-5)25-17/h7-11H,1-6H3/b17-11+,21-20?. The van der Waals surface area contributed by atoms with E-state index < -0.39 is 0 Å². The number of amidine groups is 1. The van der Waals surface area contributed by atoms with E-state index in [1.807, 2.05) is 6.08 Å². The number of hydrogen-bond donors (Lipinski definition) is 0. The van der Waals surface area contributed by atoms with E-state index in [0.717, 1.165) is 22.1 Å². The first-order chi connectivity index (χ1) is 11.8. The van der Waals surface area contributed by atoms with E-state index >= 15 is 0 Å². The maximum Gasteiger partial charge on any atom is 0.266 e. The molecule has 0 atom stereocenters. The highest BCUT2D eigenvalue weighted by Crippen LogP contribution is 2.33. The molecule has 5 heteroatoms. The summed E-state index contributed by atoms with van der Waals surface area (Å²) in [5, 5.41) is 0.736. The molecule has 25 heavy (non-hydrogen) atoms. The van der Waals surface area contributed by atoms with Crippen LogP contribution in [0.5, 0.6) is 0 Å². The lowest BCUT2D eigenvalue weighted by Crippen LogP contribution is -2.23. The van der Waals surface area contributed by atoms with Crippen molar-refractivity contribution in [2.24, 2.45) is 4.99 Å². The molecule has 0 saturated carbocycles. The van der Waals surface area contributed by atoms with Crippen LogP contribution in [0, 0.1) is 27.7 Å². The fourth-order valence-corrected chi connectivity index (χ4v) is 4.24. The Labute approximate surface area is 153 Å². The number of carbonyl (C=O) groups is 1. The lowest BCUT2D eigenvalue weighted by atomic mass is 10.1. The van der Waals surface area contributed by atoms with Gasteiger partial charge in [-0.1, -0.05) is 18.2 Å². The summed E-state index contributed by atoms with van der Waals surface area (Å²) in [7, 11) is 3.47. The van der Waals surface area contributed by atoms with Gasteiger partial charge < -0.3 is 4.57 Å². The Balaban J connectivity index is 2.11. The van der Waals surface area contributed by atoms with Gasteiger partial charge in [0.15, 0.2) is 5.17 Å². The molecule has 0 bridgehead atoms. The predicted molar refractivity (Wildman–Crippen MR) is 106 cm³/mol. The molecule has 4 nitrogen and oxygen atoms in total. The topological polar surface area (TPSA) is 37.6 Å². The summed E-state index contributed by atoms with van der Waals surface area (Å²) >= 11 is 1.43. The maximum absolute atomic E-state index is 12.4. The molecule has 3 rings (SSSR count). The summed E-state index contributed by atoms with van der Waals surface area (Å²) in [5.41, 5.74) is 7.08. The van der Waals surface area contributed by atoms with Crippen LogP contribution in [0.3, 0.4) is 0 Å². The van der Waals surface area contributed by atoms with E-state index in [1.54, 1.807) is 19.0 Å². The minimum absolute atomic E-state index is 0.00229. The molecule has 1 amide bonds. The Morgan fingerprint density at radius 2 is 1.76 bits per heavy atom. The molecule has 0 N–H and O–H groups in total. The molecule has 0 radical (unpaired) electrons. The van der Waals surface area contributed by atoms with Gasteiger partial charge in [-0.2, -0.15) is 0 Å². The minimum atomic E-state index is 0.00229. The van der Waals surface area contributed by atoms with E-state index in [1.165, 1.54) is 28.6 Å². The van der Waals surface area contributed by atoms with Crippen LogP contribution in [0.15, 0.2) is 34.2 Å². The van der Waals surface area contributed by atoms with Crippen molar-refractivity contribution in [2.45, 2.75) is 27.7 Å². The van der Waals surface area contributed by atoms with Crippen molar-refractivity contribution in [3.63, 3.8) is 0 Å². The third-order valence-electron chi connectivity index (χ3n) is 4.61. The number of benzene rings is 1. The summed E-state index contributed by atoms with van der Waals surface area (Å²) in [4.78, 5) is 18.9. The molecule has 1 aromatic carbocycles. The smallest absolute Gasteiger partial charge is 0.266 e. The zero-order valence-corrected chi connectivity index (χ0v) is 16.4. The van der Waals surface area contributed by atoms with E-state index in [0.29, 0.717) is 4.91 Å². The lowest BCUT2D eigenvalue weighted by molar-refractivity contribution is -0.121. The van der Waals surface area contributed by atoms with Crippen LogP contribution in [0.1, 0.15) is 28.1 Å². The molecule has 1 aliphatic heterocycles. The number of rotatable bonds is 2. The third kappa shape index (κ3) is 2.93. The molecule has 0 aliphatic carbocycles. The van der Waals surface area contributed by atoms with Crippen LogP contribution in [-0.2, 0) is 4.79 Å². The van der Waals surface area contributed by atoms with Crippen LogP contribution in [0.4, 0.5) is 0 Å². The number of aliphatic imine (C=N–C) groups is 1. The number of carbonyl (C=O) groups excluding carboxylic acids is 1. The summed E-state index contributed by atoms with van der Waals surface area (Å²) in [6.07, 6.45) is 1.98. The number of aryl methyl sites for hydroxylation is 3. The number of hydrogen-bond acceptors (Lipinski definition) is 3. The fourth-order valence-electron chi connectivity index (χ4n) is 3.33. The Kier molecular flexibility index (Phi) is 4.60. The fraction of sp³-hybridized carbons (Fsp3) is 0.300. The Morgan fingerprint density at radius 1 is 1.12 bits per heavy atom. The van der Waals surface area contributed by atoms with Crippen molar-refractivity contribution in [1.29, 1.82) is 0 Å². The molecular formula is C20H23N3OS. The van der Waals surface area contributed by atoms with Crippen LogP contribution < -0.4 is 0 Å². The Morgan fingerprint density at radius 3 is 2.32 bits per heavy atom. The van der Waals surface area contributed by atoms with Crippen LogP contribution in [0.25, 0.3) is 11.8 Å². The second-order valence-corrected chi connectivity index (χ2v) is 7.39. The van der Waals surface area contributed by atoms with Crippen LogP contribution >= 0.6 is 11.8 Å². The first-order valence-corrected chi connectivity index (χ1v) is 9.06. The van der Waals surface area contributed by atoms with Crippen molar-refractivity contribution < 1.29 is 4.79 Å². The number of nitrogens with zero attached hydrogens (tertiary/aromatic N) is 3. The second-order valence-electron chi connectivity index (χ2n) is 6.38. The molecule has 0 spiro atoms. The van der Waals surface area contributed by atoms with Gasteiger partial charge in [-0.05, 0) is 68.3 Å². The summed E-state index contributed by atoms with van der Waals surface area (Å²) in [5.74, 6) is 0.00229. The summed E-state index contributed by atoms with van der Waals surface area (Å²) in [6, 6.07) is 8.49. The van der Waals surface area contributed by atoms with Gasteiger partial charge in [0, 0.05) is 25.5 Å². The van der Waals surface area contributed by atoms with Gasteiger partial charge in [0.25, 0.3) is 5.91 Å². The largest absolute Gasteiger partial charge is 0.317 e. The average molecular weight is 353 g/mol.